The second kappa shape index (κ2) is 6.05. The number of rotatable bonds is 3. The zero-order valence-corrected chi connectivity index (χ0v) is 12.0. The maximum absolute atomic E-state index is 12.6. The van der Waals surface area contributed by atoms with Gasteiger partial charge >= 0.3 is 6.18 Å². The monoisotopic (exact) mass is 305 g/mol. The highest BCUT2D eigenvalue weighted by molar-refractivity contribution is 5.78. The van der Waals surface area contributed by atoms with Gasteiger partial charge in [-0.05, 0) is 13.0 Å². The van der Waals surface area contributed by atoms with Crippen LogP contribution in [0.15, 0.2) is 6.07 Å². The Kier molecular flexibility index (Phi) is 4.55. The second-order valence-electron chi connectivity index (χ2n) is 5.19. The van der Waals surface area contributed by atoms with Crippen LogP contribution in [0.3, 0.4) is 0 Å². The van der Waals surface area contributed by atoms with Crippen LogP contribution in [0.2, 0.25) is 0 Å². The Hall–Kier alpha value is -1.57. The molecule has 1 fully saturated rings. The number of hydrogen-bond acceptors (Lipinski definition) is 3. The molecule has 1 atom stereocenters. The highest BCUT2D eigenvalue weighted by atomic mass is 19.4. The SMILES string of the molecule is Cc1cc(C(F)(F)F)nn1C[C@@H](C)C(=O)N1CCOCC1. The van der Waals surface area contributed by atoms with Gasteiger partial charge < -0.3 is 9.64 Å². The molecule has 1 aromatic heterocycles. The minimum absolute atomic E-state index is 0.0817. The van der Waals surface area contributed by atoms with Crippen LogP contribution in [0.5, 0.6) is 0 Å². The van der Waals surface area contributed by atoms with E-state index in [4.69, 9.17) is 4.74 Å². The molecular weight excluding hydrogens is 287 g/mol. The van der Waals surface area contributed by atoms with Crippen molar-refractivity contribution in [1.29, 1.82) is 0 Å². The van der Waals surface area contributed by atoms with Crippen LogP contribution in [-0.4, -0.2) is 46.9 Å². The van der Waals surface area contributed by atoms with Crippen LogP contribution < -0.4 is 0 Å². The van der Waals surface area contributed by atoms with Crippen LogP contribution in [-0.2, 0) is 22.3 Å². The van der Waals surface area contributed by atoms with Gasteiger partial charge in [-0.3, -0.25) is 9.48 Å². The van der Waals surface area contributed by atoms with Gasteiger partial charge in [-0.25, -0.2) is 0 Å². The summed E-state index contributed by atoms with van der Waals surface area (Å²) < 4.78 is 44.2. The highest BCUT2D eigenvalue weighted by Gasteiger charge is 2.34. The molecule has 8 heteroatoms. The predicted octanol–water partition coefficient (Wildman–Crippen LogP) is 1.71. The number of hydrogen-bond donors (Lipinski definition) is 0. The highest BCUT2D eigenvalue weighted by Crippen LogP contribution is 2.28. The van der Waals surface area contributed by atoms with Crippen molar-refractivity contribution in [2.75, 3.05) is 26.3 Å². The van der Waals surface area contributed by atoms with E-state index in [1.165, 1.54) is 4.68 Å². The van der Waals surface area contributed by atoms with Crippen LogP contribution >= 0.6 is 0 Å². The van der Waals surface area contributed by atoms with Gasteiger partial charge in [0.1, 0.15) is 0 Å². The van der Waals surface area contributed by atoms with Crippen molar-refractivity contribution in [2.45, 2.75) is 26.6 Å². The van der Waals surface area contributed by atoms with Gasteiger partial charge in [-0.1, -0.05) is 6.92 Å². The van der Waals surface area contributed by atoms with E-state index < -0.39 is 17.8 Å². The lowest BCUT2D eigenvalue weighted by atomic mass is 10.1. The summed E-state index contributed by atoms with van der Waals surface area (Å²) in [5, 5.41) is 3.54. The van der Waals surface area contributed by atoms with Crippen molar-refractivity contribution in [3.05, 3.63) is 17.5 Å². The number of nitrogens with zero attached hydrogens (tertiary/aromatic N) is 3. The number of aromatic nitrogens is 2. The summed E-state index contributed by atoms with van der Waals surface area (Å²) in [5.41, 5.74) is -0.532. The summed E-state index contributed by atoms with van der Waals surface area (Å²) in [6, 6.07) is 0.992. The van der Waals surface area contributed by atoms with Gasteiger partial charge in [0.2, 0.25) is 5.91 Å². The normalized spacial score (nSPS) is 17.9. The van der Waals surface area contributed by atoms with E-state index in [0.717, 1.165) is 6.07 Å². The number of carbonyl (C=O) groups excluding carboxylic acids is 1. The molecule has 5 nitrogen and oxygen atoms in total. The van der Waals surface area contributed by atoms with Crippen molar-refractivity contribution in [3.63, 3.8) is 0 Å². The summed E-state index contributed by atoms with van der Waals surface area (Å²) in [7, 11) is 0. The van der Waals surface area contributed by atoms with Crippen LogP contribution in [0.4, 0.5) is 13.2 Å². The summed E-state index contributed by atoms with van der Waals surface area (Å²) in [6.07, 6.45) is -4.46. The van der Waals surface area contributed by atoms with Crippen molar-refractivity contribution in [3.8, 4) is 0 Å². The predicted molar refractivity (Wildman–Crippen MR) is 68.5 cm³/mol. The number of halogens is 3. The first-order valence-electron chi connectivity index (χ1n) is 6.77. The molecule has 1 aliphatic heterocycles. The number of alkyl halides is 3. The molecule has 1 aromatic rings. The van der Waals surface area contributed by atoms with E-state index in [0.29, 0.717) is 32.0 Å². The molecule has 2 rings (SSSR count). The summed E-state index contributed by atoms with van der Waals surface area (Å²) in [5.74, 6) is -0.510. The molecule has 0 bridgehead atoms. The topological polar surface area (TPSA) is 47.4 Å². The molecule has 0 saturated carbocycles. The minimum Gasteiger partial charge on any atom is -0.378 e. The van der Waals surface area contributed by atoms with Gasteiger partial charge in [0.25, 0.3) is 0 Å². The molecule has 1 saturated heterocycles. The van der Waals surface area contributed by atoms with Gasteiger partial charge in [0, 0.05) is 18.8 Å². The van der Waals surface area contributed by atoms with E-state index >= 15 is 0 Å². The fraction of sp³-hybridized carbons (Fsp3) is 0.692. The van der Waals surface area contributed by atoms with Gasteiger partial charge in [-0.2, -0.15) is 18.3 Å². The Labute approximate surface area is 120 Å². The number of ether oxygens (including phenoxy) is 1. The van der Waals surface area contributed by atoms with Crippen LogP contribution in [0, 0.1) is 12.8 Å². The molecule has 0 spiro atoms. The lowest BCUT2D eigenvalue weighted by Gasteiger charge is -2.29. The first-order valence-corrected chi connectivity index (χ1v) is 6.77. The van der Waals surface area contributed by atoms with E-state index in [9.17, 15) is 18.0 Å². The first-order chi connectivity index (χ1) is 9.79. The second-order valence-corrected chi connectivity index (χ2v) is 5.19. The molecule has 0 aromatic carbocycles. The summed E-state index contributed by atoms with van der Waals surface area (Å²) >= 11 is 0. The number of amides is 1. The lowest BCUT2D eigenvalue weighted by Crippen LogP contribution is -2.44. The molecule has 1 amide bonds. The Morgan fingerprint density at radius 1 is 1.43 bits per heavy atom. The first kappa shape index (κ1) is 15.8. The molecule has 118 valence electrons. The zero-order valence-electron chi connectivity index (χ0n) is 12.0. The molecule has 0 radical (unpaired) electrons. The van der Waals surface area contributed by atoms with Crippen molar-refractivity contribution in [2.24, 2.45) is 5.92 Å². The third-order valence-electron chi connectivity index (χ3n) is 3.46. The molecular formula is C13H18F3N3O2. The van der Waals surface area contributed by atoms with E-state index in [1.807, 2.05) is 0 Å². The number of carbonyl (C=O) groups is 1. The molecule has 1 aliphatic rings. The third kappa shape index (κ3) is 3.75. The van der Waals surface area contributed by atoms with E-state index in [-0.39, 0.29) is 12.5 Å². The Morgan fingerprint density at radius 3 is 2.57 bits per heavy atom. The Bertz CT molecular complexity index is 507. The lowest BCUT2D eigenvalue weighted by molar-refractivity contribution is -0.141. The fourth-order valence-corrected chi connectivity index (χ4v) is 2.27. The van der Waals surface area contributed by atoms with Crippen molar-refractivity contribution >= 4 is 5.91 Å². The van der Waals surface area contributed by atoms with Gasteiger partial charge in [0.15, 0.2) is 5.69 Å². The van der Waals surface area contributed by atoms with E-state index in [1.54, 1.807) is 18.7 Å². The smallest absolute Gasteiger partial charge is 0.378 e. The van der Waals surface area contributed by atoms with Gasteiger partial charge in [0.05, 0.1) is 25.7 Å². The molecule has 0 N–H and O–H groups in total. The Balaban J connectivity index is 2.03. The maximum Gasteiger partial charge on any atom is 0.435 e. The Morgan fingerprint density at radius 2 is 2.05 bits per heavy atom. The molecule has 2 heterocycles. The van der Waals surface area contributed by atoms with Crippen molar-refractivity contribution in [1.82, 2.24) is 14.7 Å². The van der Waals surface area contributed by atoms with Crippen molar-refractivity contribution < 1.29 is 22.7 Å². The number of morpholine rings is 1. The standard InChI is InChI=1S/C13H18F3N3O2/c1-9(12(20)18-3-5-21-6-4-18)8-19-10(2)7-11(17-19)13(14,15)16/h7,9H,3-6,8H2,1-2H3/t9-/m1/s1. The average molecular weight is 305 g/mol. The summed E-state index contributed by atoms with van der Waals surface area (Å²) in [6.45, 7) is 5.43. The molecule has 0 aliphatic carbocycles. The van der Waals surface area contributed by atoms with E-state index in [2.05, 4.69) is 5.10 Å². The number of aryl methyl sites for hydroxylation is 1. The summed E-state index contributed by atoms with van der Waals surface area (Å²) in [4.78, 5) is 13.9. The van der Waals surface area contributed by atoms with Crippen LogP contribution in [0.25, 0.3) is 0 Å². The van der Waals surface area contributed by atoms with Gasteiger partial charge in [-0.15, -0.1) is 0 Å². The average Bonchev–Trinajstić information content (AvgIpc) is 2.80. The fourth-order valence-electron chi connectivity index (χ4n) is 2.27. The van der Waals surface area contributed by atoms with Crippen LogP contribution in [0.1, 0.15) is 18.3 Å². The molecule has 21 heavy (non-hydrogen) atoms. The zero-order chi connectivity index (χ0) is 15.6. The quantitative estimate of drug-likeness (QED) is 0.854. The largest absolute Gasteiger partial charge is 0.435 e. The minimum atomic E-state index is -4.46. The molecule has 0 unspecified atom stereocenters. The third-order valence-corrected chi connectivity index (χ3v) is 3.46. The maximum atomic E-state index is 12.6.